The smallest absolute Gasteiger partial charge is 0.253 e. The third-order valence-corrected chi connectivity index (χ3v) is 3.70. The van der Waals surface area contributed by atoms with Crippen molar-refractivity contribution in [2.75, 3.05) is 6.61 Å². The predicted molar refractivity (Wildman–Crippen MR) is 104 cm³/mol. The Morgan fingerprint density at radius 2 is 2.04 bits per heavy atom. The minimum atomic E-state index is -0.182. The fourth-order valence-electron chi connectivity index (χ4n) is 2.06. The topological polar surface area (TPSA) is 64.3 Å². The van der Waals surface area contributed by atoms with Crippen molar-refractivity contribution >= 4 is 5.91 Å². The maximum Gasteiger partial charge on any atom is 0.253 e. The van der Waals surface area contributed by atoms with Crippen LogP contribution in [0.25, 0.3) is 0 Å². The number of nitrogens with one attached hydrogen (secondary N) is 1. The van der Waals surface area contributed by atoms with Gasteiger partial charge in [0.2, 0.25) is 0 Å². The molecule has 1 aromatic carbocycles. The van der Waals surface area contributed by atoms with Crippen LogP contribution in [0.1, 0.15) is 46.1 Å². The molecular weight excluding hydrogens is 312 g/mol. The van der Waals surface area contributed by atoms with Gasteiger partial charge in [-0.15, -0.1) is 0 Å². The molecule has 1 amide bonds. The largest absolute Gasteiger partial charge is 0.494 e. The van der Waals surface area contributed by atoms with E-state index in [1.165, 1.54) is 5.57 Å². The highest BCUT2D eigenvalue weighted by atomic mass is 16.5. The van der Waals surface area contributed by atoms with Gasteiger partial charge in [-0.1, -0.05) is 43.7 Å². The summed E-state index contributed by atoms with van der Waals surface area (Å²) in [5.74, 6) is 0.637. The van der Waals surface area contributed by atoms with E-state index < -0.39 is 0 Å². The van der Waals surface area contributed by atoms with Gasteiger partial charge < -0.3 is 15.8 Å². The van der Waals surface area contributed by atoms with Crippen LogP contribution in [0.3, 0.4) is 0 Å². The van der Waals surface area contributed by atoms with E-state index in [2.05, 4.69) is 26.1 Å². The van der Waals surface area contributed by atoms with Crippen LogP contribution in [0.2, 0.25) is 0 Å². The average Bonchev–Trinajstić information content (AvgIpc) is 2.61. The maximum absolute atomic E-state index is 12.4. The van der Waals surface area contributed by atoms with Crippen molar-refractivity contribution < 1.29 is 9.53 Å². The first-order valence-electron chi connectivity index (χ1n) is 8.78. The van der Waals surface area contributed by atoms with Crippen molar-refractivity contribution in [1.82, 2.24) is 5.32 Å². The fourth-order valence-corrected chi connectivity index (χ4v) is 2.06. The molecule has 0 aliphatic carbocycles. The van der Waals surface area contributed by atoms with Crippen molar-refractivity contribution in [3.63, 3.8) is 0 Å². The van der Waals surface area contributed by atoms with Gasteiger partial charge in [0, 0.05) is 12.2 Å². The molecule has 0 spiro atoms. The number of amides is 1. The SMILES string of the molecule is CCCOc1cccc(CNC(=O)C(/C=C\C=C(C)CC)=C(/C)N)c1. The Kier molecular flexibility index (Phi) is 9.15. The lowest BCUT2D eigenvalue weighted by Gasteiger charge is -2.09. The minimum Gasteiger partial charge on any atom is -0.494 e. The molecule has 4 nitrogen and oxygen atoms in total. The molecule has 136 valence electrons. The normalized spacial score (nSPS) is 12.9. The summed E-state index contributed by atoms with van der Waals surface area (Å²) in [5, 5.41) is 2.91. The number of nitrogens with two attached hydrogens (primary N) is 1. The van der Waals surface area contributed by atoms with Gasteiger partial charge in [0.1, 0.15) is 5.75 Å². The lowest BCUT2D eigenvalue weighted by Crippen LogP contribution is -2.25. The molecular formula is C21H30N2O2. The lowest BCUT2D eigenvalue weighted by molar-refractivity contribution is -0.117. The third kappa shape index (κ3) is 7.75. The van der Waals surface area contributed by atoms with Crippen LogP contribution in [0.4, 0.5) is 0 Å². The van der Waals surface area contributed by atoms with Crippen molar-refractivity contribution in [3.8, 4) is 5.75 Å². The van der Waals surface area contributed by atoms with Gasteiger partial charge in [0.15, 0.2) is 0 Å². The molecule has 0 aliphatic heterocycles. The number of benzene rings is 1. The molecule has 25 heavy (non-hydrogen) atoms. The van der Waals surface area contributed by atoms with E-state index in [0.717, 1.165) is 24.2 Å². The van der Waals surface area contributed by atoms with Crippen LogP contribution in [-0.4, -0.2) is 12.5 Å². The van der Waals surface area contributed by atoms with E-state index in [1.54, 1.807) is 13.0 Å². The Labute approximate surface area is 151 Å². The molecule has 0 saturated heterocycles. The second kappa shape index (κ2) is 11.1. The highest BCUT2D eigenvalue weighted by Crippen LogP contribution is 2.14. The van der Waals surface area contributed by atoms with E-state index in [1.807, 2.05) is 36.4 Å². The second-order valence-corrected chi connectivity index (χ2v) is 6.00. The zero-order valence-electron chi connectivity index (χ0n) is 15.8. The zero-order chi connectivity index (χ0) is 18.7. The average molecular weight is 342 g/mol. The summed E-state index contributed by atoms with van der Waals surface area (Å²) in [7, 11) is 0. The van der Waals surface area contributed by atoms with Gasteiger partial charge in [-0.3, -0.25) is 4.79 Å². The molecule has 0 fully saturated rings. The molecule has 0 saturated carbocycles. The molecule has 0 radical (unpaired) electrons. The maximum atomic E-state index is 12.4. The third-order valence-electron chi connectivity index (χ3n) is 3.70. The number of hydrogen-bond donors (Lipinski definition) is 2. The van der Waals surface area contributed by atoms with Crippen molar-refractivity contribution in [1.29, 1.82) is 0 Å². The first-order valence-corrected chi connectivity index (χ1v) is 8.78. The van der Waals surface area contributed by atoms with Crippen LogP contribution >= 0.6 is 0 Å². The van der Waals surface area contributed by atoms with Crippen LogP contribution in [0, 0.1) is 0 Å². The molecule has 0 aliphatic rings. The van der Waals surface area contributed by atoms with Crippen molar-refractivity contribution in [2.45, 2.75) is 47.1 Å². The Hall–Kier alpha value is -2.49. The Morgan fingerprint density at radius 1 is 1.28 bits per heavy atom. The summed E-state index contributed by atoms with van der Waals surface area (Å²) < 4.78 is 5.61. The summed E-state index contributed by atoms with van der Waals surface area (Å²) >= 11 is 0. The van der Waals surface area contributed by atoms with Gasteiger partial charge in [0.05, 0.1) is 12.2 Å². The van der Waals surface area contributed by atoms with E-state index in [0.29, 0.717) is 24.4 Å². The van der Waals surface area contributed by atoms with E-state index >= 15 is 0 Å². The number of carbonyl (C=O) groups is 1. The van der Waals surface area contributed by atoms with E-state index in [4.69, 9.17) is 10.5 Å². The highest BCUT2D eigenvalue weighted by molar-refractivity contribution is 5.96. The van der Waals surface area contributed by atoms with Gasteiger partial charge in [-0.05, 0) is 50.5 Å². The number of hydrogen-bond acceptors (Lipinski definition) is 3. The van der Waals surface area contributed by atoms with Crippen LogP contribution in [0.15, 0.2) is 59.3 Å². The van der Waals surface area contributed by atoms with Gasteiger partial charge in [0.25, 0.3) is 5.91 Å². The van der Waals surface area contributed by atoms with Crippen LogP contribution in [0.5, 0.6) is 5.75 Å². The zero-order valence-corrected chi connectivity index (χ0v) is 15.8. The summed E-state index contributed by atoms with van der Waals surface area (Å²) in [5.41, 5.74) is 9.08. The highest BCUT2D eigenvalue weighted by Gasteiger charge is 2.08. The number of ether oxygens (including phenoxy) is 1. The Morgan fingerprint density at radius 3 is 2.68 bits per heavy atom. The molecule has 4 heteroatoms. The molecule has 0 unspecified atom stereocenters. The molecule has 1 aromatic rings. The minimum absolute atomic E-state index is 0.182. The quantitative estimate of drug-likeness (QED) is 0.521. The predicted octanol–water partition coefficient (Wildman–Crippen LogP) is 4.24. The Bertz CT molecular complexity index is 654. The molecule has 1 rings (SSSR count). The first kappa shape index (κ1) is 20.6. The number of allylic oxidation sites excluding steroid dienone is 4. The fraction of sp³-hybridized carbons (Fsp3) is 0.381. The van der Waals surface area contributed by atoms with Crippen molar-refractivity contribution in [2.24, 2.45) is 5.73 Å². The van der Waals surface area contributed by atoms with Gasteiger partial charge >= 0.3 is 0 Å². The van der Waals surface area contributed by atoms with Crippen molar-refractivity contribution in [3.05, 3.63) is 64.9 Å². The molecule has 0 bridgehead atoms. The number of carbonyl (C=O) groups excluding carboxylic acids is 1. The second-order valence-electron chi connectivity index (χ2n) is 6.00. The van der Waals surface area contributed by atoms with Crippen LogP contribution < -0.4 is 15.8 Å². The van der Waals surface area contributed by atoms with Gasteiger partial charge in [-0.2, -0.15) is 0 Å². The van der Waals surface area contributed by atoms with E-state index in [-0.39, 0.29) is 5.91 Å². The lowest BCUT2D eigenvalue weighted by atomic mass is 10.1. The summed E-state index contributed by atoms with van der Waals surface area (Å²) in [6, 6.07) is 7.75. The van der Waals surface area contributed by atoms with E-state index in [9.17, 15) is 4.79 Å². The molecule has 0 heterocycles. The first-order chi connectivity index (χ1) is 12.0. The standard InChI is InChI=1S/C21H30N2O2/c1-5-13-25-19-11-8-10-18(14-19)15-23-21(24)20(17(4)22)12-7-9-16(3)6-2/h7-12,14H,5-6,13,15,22H2,1-4H3,(H,23,24)/b12-7-,16-9?,20-17-. The summed E-state index contributed by atoms with van der Waals surface area (Å²) in [4.78, 5) is 12.4. The summed E-state index contributed by atoms with van der Waals surface area (Å²) in [6.45, 7) is 9.06. The van der Waals surface area contributed by atoms with Crippen LogP contribution in [-0.2, 0) is 11.3 Å². The monoisotopic (exact) mass is 342 g/mol. The molecule has 0 atom stereocenters. The number of rotatable bonds is 9. The summed E-state index contributed by atoms with van der Waals surface area (Å²) in [6.07, 6.45) is 7.55. The Balaban J connectivity index is 2.71. The van der Waals surface area contributed by atoms with Gasteiger partial charge in [-0.25, -0.2) is 0 Å². The molecule has 3 N–H and O–H groups in total. The molecule has 0 aromatic heterocycles.